The molecular weight excluding hydrogens is 443 g/mol. The number of likely N-dealkylation sites (tertiary alicyclic amines) is 1. The number of carbonyl (C=O) groups excluding carboxylic acids is 1. The van der Waals surface area contributed by atoms with E-state index in [1.807, 2.05) is 31.2 Å². The van der Waals surface area contributed by atoms with Gasteiger partial charge in [0.15, 0.2) is 5.69 Å². The van der Waals surface area contributed by atoms with Gasteiger partial charge in [0.25, 0.3) is 5.91 Å². The summed E-state index contributed by atoms with van der Waals surface area (Å²) in [6.45, 7) is 2.87. The maximum atomic E-state index is 13.5. The van der Waals surface area contributed by atoms with E-state index < -0.39 is 17.8 Å². The highest BCUT2D eigenvalue weighted by Gasteiger charge is 2.39. The summed E-state index contributed by atoms with van der Waals surface area (Å²) in [5.74, 6) is 0.197. The van der Waals surface area contributed by atoms with Gasteiger partial charge >= 0.3 is 6.18 Å². The minimum absolute atomic E-state index is 0.178. The summed E-state index contributed by atoms with van der Waals surface area (Å²) in [5.41, 5.74) is -0.204. The van der Waals surface area contributed by atoms with E-state index in [0.29, 0.717) is 19.6 Å². The Bertz CT molecular complexity index is 1110. The summed E-state index contributed by atoms with van der Waals surface area (Å²) in [6, 6.07) is 14.3. The number of rotatable bonds is 5. The molecule has 1 aliphatic rings. The fraction of sp³-hybridized carbons (Fsp3) is 0.304. The van der Waals surface area contributed by atoms with Gasteiger partial charge in [-0.25, -0.2) is 4.68 Å². The van der Waals surface area contributed by atoms with E-state index in [0.717, 1.165) is 28.5 Å². The molecule has 3 aromatic rings. The molecule has 2 heterocycles. The Kier molecular flexibility index (Phi) is 6.15. The van der Waals surface area contributed by atoms with E-state index in [2.05, 4.69) is 5.10 Å². The van der Waals surface area contributed by atoms with Crippen molar-refractivity contribution in [3.63, 3.8) is 0 Å². The topological polar surface area (TPSA) is 47.4 Å². The Balaban J connectivity index is 1.71. The van der Waals surface area contributed by atoms with Crippen molar-refractivity contribution in [1.29, 1.82) is 0 Å². The van der Waals surface area contributed by atoms with Gasteiger partial charge in [-0.2, -0.15) is 18.3 Å². The normalized spacial score (nSPS) is 16.4. The molecule has 1 aliphatic heterocycles. The molecule has 4 rings (SSSR count). The summed E-state index contributed by atoms with van der Waals surface area (Å²) in [5, 5.41) is 3.88. The number of para-hydroxylation sites is 1. The molecule has 0 saturated carbocycles. The summed E-state index contributed by atoms with van der Waals surface area (Å²) < 4.78 is 46.8. The first-order chi connectivity index (χ1) is 15.3. The number of hydrogen-bond donors (Lipinski definition) is 0. The summed E-state index contributed by atoms with van der Waals surface area (Å²) >= 11 is 6.20. The number of nitrogens with zero attached hydrogens (tertiary/aromatic N) is 3. The maximum Gasteiger partial charge on any atom is 0.435 e. The molecule has 9 heteroatoms. The average molecular weight is 464 g/mol. The number of amides is 1. The van der Waals surface area contributed by atoms with Crippen molar-refractivity contribution in [3.8, 4) is 11.4 Å². The van der Waals surface area contributed by atoms with Crippen LogP contribution in [0.5, 0.6) is 5.75 Å². The molecule has 0 radical (unpaired) electrons. The van der Waals surface area contributed by atoms with Crippen LogP contribution >= 0.6 is 11.6 Å². The quantitative estimate of drug-likeness (QED) is 0.472. The number of hydrogen-bond acceptors (Lipinski definition) is 3. The van der Waals surface area contributed by atoms with Gasteiger partial charge in [-0.05, 0) is 49.6 Å². The van der Waals surface area contributed by atoms with Crippen LogP contribution in [-0.4, -0.2) is 33.7 Å². The van der Waals surface area contributed by atoms with Crippen molar-refractivity contribution in [3.05, 3.63) is 76.6 Å². The second kappa shape index (κ2) is 8.86. The third-order valence-corrected chi connectivity index (χ3v) is 5.71. The molecule has 2 aromatic carbocycles. The van der Waals surface area contributed by atoms with Crippen LogP contribution < -0.4 is 4.74 Å². The van der Waals surface area contributed by atoms with Gasteiger partial charge in [-0.3, -0.25) is 4.79 Å². The smallest absolute Gasteiger partial charge is 0.435 e. The second-order valence-electron chi connectivity index (χ2n) is 7.43. The van der Waals surface area contributed by atoms with Gasteiger partial charge in [-0.15, -0.1) is 0 Å². The monoisotopic (exact) mass is 463 g/mol. The summed E-state index contributed by atoms with van der Waals surface area (Å²) in [7, 11) is 0. The van der Waals surface area contributed by atoms with Crippen molar-refractivity contribution >= 4 is 17.5 Å². The van der Waals surface area contributed by atoms with Crippen LogP contribution in [0.1, 0.15) is 47.6 Å². The third kappa shape index (κ3) is 4.32. The maximum absolute atomic E-state index is 13.5. The van der Waals surface area contributed by atoms with Crippen LogP contribution in [-0.2, 0) is 6.18 Å². The zero-order chi connectivity index (χ0) is 22.9. The van der Waals surface area contributed by atoms with Crippen molar-refractivity contribution in [2.75, 3.05) is 13.2 Å². The van der Waals surface area contributed by atoms with Crippen molar-refractivity contribution in [2.24, 2.45) is 0 Å². The molecule has 1 amide bonds. The molecular formula is C23H21ClF3N3O2. The molecule has 1 unspecified atom stereocenters. The van der Waals surface area contributed by atoms with Crippen molar-refractivity contribution < 1.29 is 22.7 Å². The Hall–Kier alpha value is -3.00. The van der Waals surface area contributed by atoms with E-state index >= 15 is 0 Å². The van der Waals surface area contributed by atoms with Crippen molar-refractivity contribution in [2.45, 2.75) is 32.0 Å². The number of benzene rings is 2. The lowest BCUT2D eigenvalue weighted by Crippen LogP contribution is -2.32. The molecule has 1 saturated heterocycles. The fourth-order valence-corrected chi connectivity index (χ4v) is 4.15. The molecule has 0 bridgehead atoms. The van der Waals surface area contributed by atoms with Gasteiger partial charge in [0.1, 0.15) is 11.4 Å². The fourth-order valence-electron chi connectivity index (χ4n) is 3.94. The van der Waals surface area contributed by atoms with E-state index in [1.54, 1.807) is 23.1 Å². The van der Waals surface area contributed by atoms with Crippen LogP contribution in [0, 0.1) is 0 Å². The molecule has 1 atom stereocenters. The van der Waals surface area contributed by atoms with Crippen LogP contribution in [0.4, 0.5) is 13.2 Å². The second-order valence-corrected chi connectivity index (χ2v) is 7.84. The van der Waals surface area contributed by atoms with Crippen LogP contribution in [0.3, 0.4) is 0 Å². The Labute approximate surface area is 188 Å². The standard InChI is InChI=1S/C23H21ClF3N3O2/c1-2-32-16-11-9-15(10-12-16)18-8-5-13-29(18)22(31)20-14-21(23(25,26)27)28-30(20)19-7-4-3-6-17(19)24/h3-4,6-7,9-12,14,18H,2,5,8,13H2,1H3. The molecule has 0 spiro atoms. The zero-order valence-corrected chi connectivity index (χ0v) is 18.0. The van der Waals surface area contributed by atoms with E-state index in [1.165, 1.54) is 6.07 Å². The van der Waals surface area contributed by atoms with Gasteiger partial charge in [0.05, 0.1) is 23.4 Å². The highest BCUT2D eigenvalue weighted by atomic mass is 35.5. The lowest BCUT2D eigenvalue weighted by molar-refractivity contribution is -0.141. The van der Waals surface area contributed by atoms with E-state index in [-0.39, 0.29) is 22.4 Å². The first-order valence-corrected chi connectivity index (χ1v) is 10.6. The van der Waals surface area contributed by atoms with Crippen LogP contribution in [0.25, 0.3) is 5.69 Å². The molecule has 5 nitrogen and oxygen atoms in total. The SMILES string of the molecule is CCOc1ccc(C2CCCN2C(=O)c2cc(C(F)(F)F)nn2-c2ccccc2Cl)cc1. The highest BCUT2D eigenvalue weighted by molar-refractivity contribution is 6.32. The van der Waals surface area contributed by atoms with Crippen LogP contribution in [0.15, 0.2) is 54.6 Å². The van der Waals surface area contributed by atoms with Gasteiger partial charge < -0.3 is 9.64 Å². The molecule has 0 aliphatic carbocycles. The first-order valence-electron chi connectivity index (χ1n) is 10.3. The molecule has 32 heavy (non-hydrogen) atoms. The number of ether oxygens (including phenoxy) is 1. The Morgan fingerprint density at radius 3 is 2.56 bits per heavy atom. The number of alkyl halides is 3. The predicted molar refractivity (Wildman–Crippen MR) is 114 cm³/mol. The summed E-state index contributed by atoms with van der Waals surface area (Å²) in [6.07, 6.45) is -3.23. The van der Waals surface area contributed by atoms with Gasteiger partial charge in [-0.1, -0.05) is 35.9 Å². The van der Waals surface area contributed by atoms with Gasteiger partial charge in [0.2, 0.25) is 0 Å². The predicted octanol–water partition coefficient (Wildman–Crippen LogP) is 5.92. The molecule has 1 aromatic heterocycles. The Morgan fingerprint density at radius 1 is 1.19 bits per heavy atom. The lowest BCUT2D eigenvalue weighted by Gasteiger charge is -2.25. The Morgan fingerprint density at radius 2 is 1.91 bits per heavy atom. The highest BCUT2D eigenvalue weighted by Crippen LogP contribution is 2.36. The van der Waals surface area contributed by atoms with Crippen LogP contribution in [0.2, 0.25) is 5.02 Å². The van der Waals surface area contributed by atoms with E-state index in [9.17, 15) is 18.0 Å². The number of aromatic nitrogens is 2. The number of halogens is 4. The summed E-state index contributed by atoms with van der Waals surface area (Å²) in [4.78, 5) is 15.1. The van der Waals surface area contributed by atoms with E-state index in [4.69, 9.17) is 16.3 Å². The average Bonchev–Trinajstić information content (AvgIpc) is 3.42. The molecule has 168 valence electrons. The molecule has 1 fully saturated rings. The number of carbonyl (C=O) groups is 1. The van der Waals surface area contributed by atoms with Crippen molar-refractivity contribution in [1.82, 2.24) is 14.7 Å². The first kappa shape index (κ1) is 22.2. The third-order valence-electron chi connectivity index (χ3n) is 5.39. The minimum Gasteiger partial charge on any atom is -0.494 e. The zero-order valence-electron chi connectivity index (χ0n) is 17.3. The molecule has 0 N–H and O–H groups in total. The van der Waals surface area contributed by atoms with Gasteiger partial charge in [0, 0.05) is 12.6 Å². The largest absolute Gasteiger partial charge is 0.494 e. The lowest BCUT2D eigenvalue weighted by atomic mass is 10.0. The minimum atomic E-state index is -4.69.